The number of carbonyl (C=O) groups is 1. The molecule has 0 radical (unpaired) electrons. The molecule has 0 spiro atoms. The van der Waals surface area contributed by atoms with E-state index in [2.05, 4.69) is 20.0 Å². The average molecular weight is 479 g/mol. The molecule has 0 bridgehead atoms. The highest BCUT2D eigenvalue weighted by atomic mass is 32.2. The van der Waals surface area contributed by atoms with Crippen molar-refractivity contribution in [2.75, 3.05) is 11.1 Å². The molecule has 0 unspecified atom stereocenters. The van der Waals surface area contributed by atoms with Gasteiger partial charge in [-0.2, -0.15) is 0 Å². The zero-order valence-corrected chi connectivity index (χ0v) is 18.5. The van der Waals surface area contributed by atoms with E-state index in [9.17, 15) is 26.4 Å². The Bertz CT molecular complexity index is 1260. The van der Waals surface area contributed by atoms with Crippen molar-refractivity contribution in [3.63, 3.8) is 0 Å². The number of hydrogen-bond acceptors (Lipinski definition) is 6. The third-order valence-electron chi connectivity index (χ3n) is 4.61. The van der Waals surface area contributed by atoms with E-state index in [1.54, 1.807) is 32.0 Å². The minimum absolute atomic E-state index is 0.0202. The first-order chi connectivity index (χ1) is 15.5. The molecule has 0 saturated carbocycles. The Morgan fingerprint density at radius 1 is 1.09 bits per heavy atom. The minimum atomic E-state index is -4.86. The van der Waals surface area contributed by atoms with Gasteiger partial charge in [0, 0.05) is 5.56 Å². The number of carbonyl (C=O) groups excluding carboxylic acids is 1. The van der Waals surface area contributed by atoms with E-state index in [1.165, 1.54) is 36.5 Å². The Labute approximate surface area is 188 Å². The van der Waals surface area contributed by atoms with Crippen LogP contribution in [-0.4, -0.2) is 36.4 Å². The Morgan fingerprint density at radius 2 is 1.76 bits per heavy atom. The maximum Gasteiger partial charge on any atom is 0.573 e. The fourth-order valence-electron chi connectivity index (χ4n) is 3.04. The van der Waals surface area contributed by atoms with Crippen LogP contribution in [0.25, 0.3) is 11.3 Å². The number of amides is 1. The largest absolute Gasteiger partial charge is 0.573 e. The van der Waals surface area contributed by atoms with Crippen LogP contribution in [0.4, 0.5) is 19.0 Å². The highest BCUT2D eigenvalue weighted by molar-refractivity contribution is 7.91. The number of halogens is 3. The van der Waals surface area contributed by atoms with Crippen LogP contribution in [0.3, 0.4) is 0 Å². The Kier molecular flexibility index (Phi) is 7.01. The summed E-state index contributed by atoms with van der Waals surface area (Å²) in [7, 11) is -3.33. The summed E-state index contributed by atoms with van der Waals surface area (Å²) in [5.74, 6) is -0.718. The number of ether oxygens (including phenoxy) is 1. The standard InChI is InChI=1S/C22H20F3N3O4S/c1-3-33(30,31)16-10-8-15(9-11-16)12-20(29)28-19-13-26-21(14(2)27-19)17-6-4-5-7-18(17)32-22(23,24)25/h4-11,13H,3,12H2,1-2H3,(H,27,28,29). The van der Waals surface area contributed by atoms with Crippen molar-refractivity contribution in [2.24, 2.45) is 0 Å². The summed E-state index contributed by atoms with van der Waals surface area (Å²) in [5, 5.41) is 2.58. The van der Waals surface area contributed by atoms with Crippen molar-refractivity contribution in [1.82, 2.24) is 9.97 Å². The van der Waals surface area contributed by atoms with Crippen LogP contribution in [0.15, 0.2) is 59.6 Å². The minimum Gasteiger partial charge on any atom is -0.405 e. The zero-order chi connectivity index (χ0) is 24.2. The van der Waals surface area contributed by atoms with E-state index in [4.69, 9.17) is 0 Å². The molecule has 0 fully saturated rings. The molecule has 11 heteroatoms. The molecule has 33 heavy (non-hydrogen) atoms. The second-order valence-electron chi connectivity index (χ2n) is 7.01. The van der Waals surface area contributed by atoms with Gasteiger partial charge < -0.3 is 10.1 Å². The number of aromatic nitrogens is 2. The topological polar surface area (TPSA) is 98.2 Å². The molecule has 3 rings (SSSR count). The summed E-state index contributed by atoms with van der Waals surface area (Å²) in [6.45, 7) is 3.10. The number of aryl methyl sites for hydroxylation is 1. The highest BCUT2D eigenvalue weighted by Gasteiger charge is 2.32. The molecular weight excluding hydrogens is 459 g/mol. The van der Waals surface area contributed by atoms with Gasteiger partial charge in [-0.1, -0.05) is 31.2 Å². The number of anilines is 1. The van der Waals surface area contributed by atoms with E-state index in [1.807, 2.05) is 0 Å². The average Bonchev–Trinajstić information content (AvgIpc) is 2.74. The first kappa shape index (κ1) is 24.2. The van der Waals surface area contributed by atoms with Crippen LogP contribution in [0.2, 0.25) is 0 Å². The monoisotopic (exact) mass is 479 g/mol. The molecule has 0 aliphatic rings. The van der Waals surface area contributed by atoms with Crippen LogP contribution in [0.5, 0.6) is 5.75 Å². The van der Waals surface area contributed by atoms with Gasteiger partial charge in [0.25, 0.3) is 0 Å². The highest BCUT2D eigenvalue weighted by Crippen LogP contribution is 2.34. The van der Waals surface area contributed by atoms with Crippen LogP contribution in [-0.2, 0) is 21.1 Å². The van der Waals surface area contributed by atoms with Gasteiger partial charge in [0.15, 0.2) is 15.7 Å². The lowest BCUT2D eigenvalue weighted by Gasteiger charge is -2.14. The molecule has 1 amide bonds. The normalized spacial score (nSPS) is 11.8. The Morgan fingerprint density at radius 3 is 2.36 bits per heavy atom. The molecule has 0 aliphatic heterocycles. The number of hydrogen-bond donors (Lipinski definition) is 1. The molecule has 0 atom stereocenters. The van der Waals surface area contributed by atoms with Gasteiger partial charge >= 0.3 is 6.36 Å². The Balaban J connectivity index is 1.73. The number of benzene rings is 2. The van der Waals surface area contributed by atoms with Gasteiger partial charge in [0.05, 0.1) is 34.7 Å². The quantitative estimate of drug-likeness (QED) is 0.542. The van der Waals surface area contributed by atoms with Gasteiger partial charge in [0.2, 0.25) is 5.91 Å². The van der Waals surface area contributed by atoms with Crippen molar-refractivity contribution in [2.45, 2.75) is 31.5 Å². The summed E-state index contributed by atoms with van der Waals surface area (Å²) in [6.07, 6.45) is -3.65. The maximum atomic E-state index is 12.7. The van der Waals surface area contributed by atoms with Crippen molar-refractivity contribution < 1.29 is 31.1 Å². The number of nitrogens with one attached hydrogen (secondary N) is 1. The van der Waals surface area contributed by atoms with Crippen LogP contribution < -0.4 is 10.1 Å². The maximum absolute atomic E-state index is 12.7. The second-order valence-corrected chi connectivity index (χ2v) is 9.28. The molecule has 1 N–H and O–H groups in total. The molecular formula is C22H20F3N3O4S. The fraction of sp³-hybridized carbons (Fsp3) is 0.227. The van der Waals surface area contributed by atoms with E-state index in [-0.39, 0.29) is 34.1 Å². The first-order valence-electron chi connectivity index (χ1n) is 9.79. The molecule has 3 aromatic rings. The summed E-state index contributed by atoms with van der Waals surface area (Å²) in [4.78, 5) is 20.9. The lowest BCUT2D eigenvalue weighted by molar-refractivity contribution is -0.274. The van der Waals surface area contributed by atoms with E-state index < -0.39 is 27.9 Å². The van der Waals surface area contributed by atoms with Crippen LogP contribution in [0.1, 0.15) is 18.2 Å². The summed E-state index contributed by atoms with van der Waals surface area (Å²) in [5.41, 5.74) is 1.18. The predicted octanol–water partition coefficient (Wildman–Crippen LogP) is 4.33. The Hall–Kier alpha value is -3.47. The second kappa shape index (κ2) is 9.57. The van der Waals surface area contributed by atoms with E-state index >= 15 is 0 Å². The zero-order valence-electron chi connectivity index (χ0n) is 17.7. The smallest absolute Gasteiger partial charge is 0.405 e. The molecule has 0 aliphatic carbocycles. The van der Waals surface area contributed by atoms with Crippen LogP contribution in [0, 0.1) is 6.92 Å². The molecule has 7 nitrogen and oxygen atoms in total. The van der Waals surface area contributed by atoms with Crippen molar-refractivity contribution >= 4 is 21.6 Å². The van der Waals surface area contributed by atoms with E-state index in [0.717, 1.165) is 0 Å². The fourth-order valence-corrected chi connectivity index (χ4v) is 3.92. The lowest BCUT2D eigenvalue weighted by atomic mass is 10.1. The van der Waals surface area contributed by atoms with Gasteiger partial charge in [-0.05, 0) is 36.8 Å². The predicted molar refractivity (Wildman–Crippen MR) is 115 cm³/mol. The van der Waals surface area contributed by atoms with Gasteiger partial charge in [0.1, 0.15) is 5.75 Å². The third kappa shape index (κ3) is 6.28. The third-order valence-corrected chi connectivity index (χ3v) is 6.36. The number of para-hydroxylation sites is 1. The number of nitrogens with zero attached hydrogens (tertiary/aromatic N) is 2. The summed E-state index contributed by atoms with van der Waals surface area (Å²) >= 11 is 0. The summed E-state index contributed by atoms with van der Waals surface area (Å²) in [6, 6.07) is 11.6. The lowest BCUT2D eigenvalue weighted by Crippen LogP contribution is -2.18. The number of sulfone groups is 1. The van der Waals surface area contributed by atoms with Gasteiger partial charge in [-0.15, -0.1) is 13.2 Å². The van der Waals surface area contributed by atoms with Crippen molar-refractivity contribution in [3.8, 4) is 17.0 Å². The SMILES string of the molecule is CCS(=O)(=O)c1ccc(CC(=O)Nc2cnc(-c3ccccc3OC(F)(F)F)c(C)n2)cc1. The van der Waals surface area contributed by atoms with Crippen molar-refractivity contribution in [1.29, 1.82) is 0 Å². The van der Waals surface area contributed by atoms with Crippen LogP contribution >= 0.6 is 0 Å². The molecule has 1 aromatic heterocycles. The summed E-state index contributed by atoms with van der Waals surface area (Å²) < 4.78 is 65.9. The van der Waals surface area contributed by atoms with Gasteiger partial charge in [-0.3, -0.25) is 9.78 Å². The molecule has 0 saturated heterocycles. The molecule has 2 aromatic carbocycles. The van der Waals surface area contributed by atoms with Gasteiger partial charge in [-0.25, -0.2) is 13.4 Å². The first-order valence-corrected chi connectivity index (χ1v) is 11.4. The van der Waals surface area contributed by atoms with Crippen molar-refractivity contribution in [3.05, 3.63) is 66.0 Å². The van der Waals surface area contributed by atoms with E-state index in [0.29, 0.717) is 11.3 Å². The molecule has 174 valence electrons. The number of alkyl halides is 3. The number of rotatable bonds is 7. The molecule has 1 heterocycles.